The van der Waals surface area contributed by atoms with Crippen molar-refractivity contribution in [3.8, 4) is 0 Å². The van der Waals surface area contributed by atoms with Crippen molar-refractivity contribution in [3.05, 3.63) is 11.5 Å². The zero-order valence-electron chi connectivity index (χ0n) is 28.8. The predicted molar refractivity (Wildman–Crippen MR) is 175 cm³/mol. The summed E-state index contributed by atoms with van der Waals surface area (Å²) in [6, 6.07) is 0.760. The van der Waals surface area contributed by atoms with Crippen LogP contribution in [-0.2, 0) is 38.1 Å². The maximum atomic E-state index is 12.1. The van der Waals surface area contributed by atoms with Crippen molar-refractivity contribution in [3.63, 3.8) is 0 Å². The number of aliphatic hydroxyl groups is 1. The van der Waals surface area contributed by atoms with Gasteiger partial charge in [0.25, 0.3) is 0 Å². The number of ether oxygens (including phenoxy) is 4. The van der Waals surface area contributed by atoms with Crippen molar-refractivity contribution in [2.75, 3.05) is 6.61 Å². The monoisotopic (exact) mass is 642 g/mol. The zero-order valence-corrected chi connectivity index (χ0v) is 29.8. The van der Waals surface area contributed by atoms with Crippen molar-refractivity contribution in [2.24, 2.45) is 0 Å². The third-order valence-electron chi connectivity index (χ3n) is 7.70. The molecule has 2 unspecified atom stereocenters. The van der Waals surface area contributed by atoms with Gasteiger partial charge in [0, 0.05) is 34.1 Å². The van der Waals surface area contributed by atoms with Gasteiger partial charge in [0.05, 0.1) is 14.7 Å². The molecule has 256 valence electrons. The van der Waals surface area contributed by atoms with Crippen LogP contribution in [-0.4, -0.2) is 55.5 Å². The van der Waals surface area contributed by atoms with Gasteiger partial charge in [-0.15, -0.1) is 0 Å². The largest absolute Gasteiger partial charge is 0.466 e. The molecule has 1 N–H and O–H groups in total. The minimum Gasteiger partial charge on any atom is -0.466 e. The van der Waals surface area contributed by atoms with E-state index in [9.17, 15) is 24.3 Å². The minimum absolute atomic E-state index is 0.0552. The lowest BCUT2D eigenvalue weighted by molar-refractivity contribution is -0.153. The predicted octanol–water partition coefficient (Wildman–Crippen LogP) is 8.08. The second-order valence-electron chi connectivity index (χ2n) is 12.6. The highest BCUT2D eigenvalue weighted by molar-refractivity contribution is 6.79. The highest BCUT2D eigenvalue weighted by Crippen LogP contribution is 2.30. The summed E-state index contributed by atoms with van der Waals surface area (Å²) >= 11 is 0. The summed E-state index contributed by atoms with van der Waals surface area (Å²) in [5.74, 6) is -3.14. The SMILES string of the molecule is CCCCCCCCCCCCCCCCCC[Si](C)(C)C(O)C(OC(C)=O)=C(OC(C)=O)C(CCOC(C)=O)OC(C)=O. The fourth-order valence-electron chi connectivity index (χ4n) is 5.20. The van der Waals surface area contributed by atoms with Crippen LogP contribution in [0.3, 0.4) is 0 Å². The lowest BCUT2D eigenvalue weighted by atomic mass is 10.0. The smallest absolute Gasteiger partial charge is 0.307 e. The molecule has 0 aromatic carbocycles. The molecule has 0 radical (unpaired) electrons. The first-order chi connectivity index (χ1) is 20.8. The number of hydrogen-bond acceptors (Lipinski definition) is 9. The molecule has 0 aliphatic rings. The summed E-state index contributed by atoms with van der Waals surface area (Å²) in [4.78, 5) is 47.3. The van der Waals surface area contributed by atoms with E-state index in [1.165, 1.54) is 104 Å². The summed E-state index contributed by atoms with van der Waals surface area (Å²) in [6.07, 6.45) is 19.2. The fraction of sp³-hybridized carbons (Fsp3) is 0.824. The van der Waals surface area contributed by atoms with Crippen molar-refractivity contribution in [2.45, 2.75) is 175 Å². The molecule has 10 heteroatoms. The van der Waals surface area contributed by atoms with Gasteiger partial charge in [0.15, 0.2) is 17.6 Å². The number of unbranched alkanes of at least 4 members (excludes halogenated alkanes) is 15. The Morgan fingerprint density at radius 2 is 1.00 bits per heavy atom. The van der Waals surface area contributed by atoms with Crippen LogP contribution in [0, 0.1) is 0 Å². The van der Waals surface area contributed by atoms with Crippen LogP contribution in [0.25, 0.3) is 0 Å². The molecule has 0 aromatic rings. The first-order valence-corrected chi connectivity index (χ1v) is 20.2. The average molecular weight is 643 g/mol. The Hall–Kier alpha value is -2.20. The number of carbonyl (C=O) groups excluding carboxylic acids is 4. The number of aliphatic hydroxyl groups excluding tert-OH is 1. The van der Waals surface area contributed by atoms with E-state index in [-0.39, 0.29) is 24.5 Å². The van der Waals surface area contributed by atoms with Gasteiger partial charge < -0.3 is 24.1 Å². The summed E-state index contributed by atoms with van der Waals surface area (Å²) in [5.41, 5.74) is -1.20. The van der Waals surface area contributed by atoms with Gasteiger partial charge in [-0.05, 0) is 0 Å². The van der Waals surface area contributed by atoms with Gasteiger partial charge in [-0.2, -0.15) is 0 Å². The van der Waals surface area contributed by atoms with E-state index in [1.54, 1.807) is 0 Å². The fourth-order valence-corrected chi connectivity index (χ4v) is 7.54. The Kier molecular flexibility index (Phi) is 23.8. The Morgan fingerprint density at radius 1 is 0.591 bits per heavy atom. The van der Waals surface area contributed by atoms with Crippen LogP contribution in [0.15, 0.2) is 11.5 Å². The van der Waals surface area contributed by atoms with Crippen LogP contribution in [0.5, 0.6) is 0 Å². The number of rotatable bonds is 26. The van der Waals surface area contributed by atoms with E-state index >= 15 is 0 Å². The Morgan fingerprint density at radius 3 is 1.39 bits per heavy atom. The van der Waals surface area contributed by atoms with E-state index in [2.05, 4.69) is 6.92 Å². The van der Waals surface area contributed by atoms with Crippen LogP contribution < -0.4 is 0 Å². The molecule has 0 saturated heterocycles. The Bertz CT molecular complexity index is 869. The number of esters is 4. The lowest BCUT2D eigenvalue weighted by Crippen LogP contribution is -2.45. The second kappa shape index (κ2) is 25.0. The molecule has 0 aliphatic heterocycles. The Labute approximate surface area is 267 Å². The summed E-state index contributed by atoms with van der Waals surface area (Å²) < 4.78 is 21.2. The molecular formula is C34H62O9Si. The van der Waals surface area contributed by atoms with Crippen molar-refractivity contribution < 1.29 is 43.2 Å². The molecule has 0 fully saturated rings. The van der Waals surface area contributed by atoms with Crippen LogP contribution in [0.1, 0.15) is 144 Å². The summed E-state index contributed by atoms with van der Waals surface area (Å²) in [6.45, 7) is 10.9. The second-order valence-corrected chi connectivity index (χ2v) is 17.6. The molecule has 0 rings (SSSR count). The zero-order chi connectivity index (χ0) is 33.4. The van der Waals surface area contributed by atoms with Crippen LogP contribution in [0.4, 0.5) is 0 Å². The van der Waals surface area contributed by atoms with Crippen molar-refractivity contribution in [1.29, 1.82) is 0 Å². The molecule has 0 aromatic heterocycles. The van der Waals surface area contributed by atoms with Crippen LogP contribution >= 0.6 is 0 Å². The van der Waals surface area contributed by atoms with Gasteiger partial charge in [0.2, 0.25) is 0 Å². The molecule has 0 saturated carbocycles. The third kappa shape index (κ3) is 21.5. The Balaban J connectivity index is 4.99. The molecule has 0 heterocycles. The van der Waals surface area contributed by atoms with E-state index < -0.39 is 43.8 Å². The molecule has 0 aliphatic carbocycles. The lowest BCUT2D eigenvalue weighted by Gasteiger charge is -2.32. The quantitative estimate of drug-likeness (QED) is 0.0328. The van der Waals surface area contributed by atoms with E-state index in [0.29, 0.717) is 0 Å². The summed E-state index contributed by atoms with van der Waals surface area (Å²) in [7, 11) is -2.49. The molecule has 0 bridgehead atoms. The first-order valence-electron chi connectivity index (χ1n) is 16.9. The standard InChI is InChI=1S/C34H62O9Si/c1-8-9-10-11-12-13-14-15-16-17-18-19-20-21-22-23-26-44(6,7)34(39)33(43-30(5)38)32(42-29(4)37)31(41-28(3)36)24-25-40-27(2)35/h31,34,39H,8-26H2,1-7H3. The van der Waals surface area contributed by atoms with Crippen molar-refractivity contribution >= 4 is 32.0 Å². The van der Waals surface area contributed by atoms with E-state index in [4.69, 9.17) is 18.9 Å². The third-order valence-corrected chi connectivity index (χ3v) is 11.1. The number of hydrogen-bond donors (Lipinski definition) is 1. The maximum absolute atomic E-state index is 12.1. The van der Waals surface area contributed by atoms with Gasteiger partial charge in [-0.3, -0.25) is 19.2 Å². The van der Waals surface area contributed by atoms with Gasteiger partial charge in [0.1, 0.15) is 5.73 Å². The normalized spacial score (nSPS) is 13.5. The van der Waals surface area contributed by atoms with E-state index in [0.717, 1.165) is 32.2 Å². The topological polar surface area (TPSA) is 125 Å². The first kappa shape index (κ1) is 41.8. The van der Waals surface area contributed by atoms with Gasteiger partial charge in [-0.25, -0.2) is 0 Å². The average Bonchev–Trinajstić information content (AvgIpc) is 2.93. The maximum Gasteiger partial charge on any atom is 0.307 e. The highest BCUT2D eigenvalue weighted by atomic mass is 28.3. The molecular weight excluding hydrogens is 580 g/mol. The van der Waals surface area contributed by atoms with E-state index in [1.807, 2.05) is 13.1 Å². The highest BCUT2D eigenvalue weighted by Gasteiger charge is 2.39. The molecule has 44 heavy (non-hydrogen) atoms. The van der Waals surface area contributed by atoms with Gasteiger partial charge in [-0.1, -0.05) is 129 Å². The molecule has 0 spiro atoms. The minimum atomic E-state index is -2.49. The summed E-state index contributed by atoms with van der Waals surface area (Å²) in [5, 5.41) is 11.5. The van der Waals surface area contributed by atoms with Crippen molar-refractivity contribution in [1.82, 2.24) is 0 Å². The molecule has 9 nitrogen and oxygen atoms in total. The molecule has 2 atom stereocenters. The molecule has 0 amide bonds. The number of carbonyl (C=O) groups is 4. The van der Waals surface area contributed by atoms with Crippen LogP contribution in [0.2, 0.25) is 19.1 Å². The van der Waals surface area contributed by atoms with Gasteiger partial charge >= 0.3 is 23.9 Å².